The Kier molecular flexibility index (Phi) is 3.74. The molecule has 1 aromatic carbocycles. The van der Waals surface area contributed by atoms with Crippen molar-refractivity contribution in [1.82, 2.24) is 0 Å². The molecule has 0 aliphatic heterocycles. The van der Waals surface area contributed by atoms with Crippen LogP contribution in [0.4, 0.5) is 4.39 Å². The summed E-state index contributed by atoms with van der Waals surface area (Å²) in [4.78, 5) is 0. The lowest BCUT2D eigenvalue weighted by Gasteiger charge is -2.08. The van der Waals surface area contributed by atoms with Gasteiger partial charge in [-0.2, -0.15) is 0 Å². The van der Waals surface area contributed by atoms with Gasteiger partial charge in [-0.3, -0.25) is 0 Å². The summed E-state index contributed by atoms with van der Waals surface area (Å²) < 4.78 is 18.2. The average molecular weight is 218 g/mol. The Hall–Kier alpha value is -0.775. The quantitative estimate of drug-likeness (QED) is 0.729. The lowest BCUT2D eigenvalue weighted by atomic mass is 9.80. The molecule has 1 aromatic rings. The topological polar surface area (TPSA) is 49.7 Å². The zero-order valence-corrected chi connectivity index (χ0v) is 8.25. The third-order valence-corrected chi connectivity index (χ3v) is 1.89. The Morgan fingerprint density at radius 1 is 1.50 bits per heavy atom. The van der Waals surface area contributed by atoms with Gasteiger partial charge in [-0.15, -0.1) is 0 Å². The van der Waals surface area contributed by atoms with Crippen LogP contribution in [-0.4, -0.2) is 23.8 Å². The van der Waals surface area contributed by atoms with Crippen molar-refractivity contribution in [2.75, 3.05) is 6.61 Å². The molecular weight excluding hydrogens is 209 g/mol. The van der Waals surface area contributed by atoms with Crippen molar-refractivity contribution < 1.29 is 19.2 Å². The van der Waals surface area contributed by atoms with Gasteiger partial charge in [-0.1, -0.05) is 11.6 Å². The first kappa shape index (κ1) is 11.3. The van der Waals surface area contributed by atoms with Gasteiger partial charge < -0.3 is 14.8 Å². The largest absolute Gasteiger partial charge is 0.494 e. The van der Waals surface area contributed by atoms with E-state index in [1.807, 2.05) is 0 Å². The maximum Gasteiger partial charge on any atom is 0.491 e. The fourth-order valence-corrected chi connectivity index (χ4v) is 1.24. The highest BCUT2D eigenvalue weighted by molar-refractivity contribution is 6.59. The van der Waals surface area contributed by atoms with Crippen molar-refractivity contribution in [3.05, 3.63) is 23.0 Å². The number of benzene rings is 1. The van der Waals surface area contributed by atoms with Crippen molar-refractivity contribution in [2.24, 2.45) is 0 Å². The highest BCUT2D eigenvalue weighted by Gasteiger charge is 2.20. The Labute approximate surface area is 86.2 Å². The Bertz CT molecular complexity index is 333. The van der Waals surface area contributed by atoms with Gasteiger partial charge in [0.15, 0.2) is 0 Å². The van der Waals surface area contributed by atoms with E-state index >= 15 is 0 Å². The van der Waals surface area contributed by atoms with Gasteiger partial charge in [0.2, 0.25) is 0 Å². The molecule has 0 saturated heterocycles. The molecule has 2 N–H and O–H groups in total. The number of halogens is 2. The van der Waals surface area contributed by atoms with Crippen LogP contribution >= 0.6 is 11.6 Å². The zero-order valence-electron chi connectivity index (χ0n) is 7.50. The average Bonchev–Trinajstić information content (AvgIpc) is 2.11. The van der Waals surface area contributed by atoms with Gasteiger partial charge in [0.1, 0.15) is 11.6 Å². The predicted molar refractivity (Wildman–Crippen MR) is 52.4 cm³/mol. The monoisotopic (exact) mass is 218 g/mol. The molecule has 0 spiro atoms. The lowest BCUT2D eigenvalue weighted by molar-refractivity contribution is 0.339. The van der Waals surface area contributed by atoms with Crippen molar-refractivity contribution >= 4 is 24.2 Å². The van der Waals surface area contributed by atoms with Crippen LogP contribution in [0.3, 0.4) is 0 Å². The van der Waals surface area contributed by atoms with Gasteiger partial charge in [-0.25, -0.2) is 4.39 Å². The van der Waals surface area contributed by atoms with Gasteiger partial charge >= 0.3 is 7.12 Å². The third-order valence-electron chi connectivity index (χ3n) is 1.62. The lowest BCUT2D eigenvalue weighted by Crippen LogP contribution is -2.33. The molecule has 0 fully saturated rings. The van der Waals surface area contributed by atoms with E-state index in [0.29, 0.717) is 12.4 Å². The highest BCUT2D eigenvalue weighted by Crippen LogP contribution is 2.19. The van der Waals surface area contributed by atoms with E-state index < -0.39 is 12.9 Å². The van der Waals surface area contributed by atoms with Crippen LogP contribution in [0.15, 0.2) is 12.1 Å². The van der Waals surface area contributed by atoms with Crippen LogP contribution in [0.1, 0.15) is 6.92 Å². The molecule has 0 saturated carbocycles. The number of hydrogen-bond acceptors (Lipinski definition) is 3. The van der Waals surface area contributed by atoms with Crippen LogP contribution in [0.25, 0.3) is 0 Å². The summed E-state index contributed by atoms with van der Waals surface area (Å²) in [7, 11) is -1.90. The molecule has 0 atom stereocenters. The molecule has 0 aliphatic carbocycles. The van der Waals surface area contributed by atoms with Crippen molar-refractivity contribution in [3.63, 3.8) is 0 Å². The molecule has 14 heavy (non-hydrogen) atoms. The van der Waals surface area contributed by atoms with Crippen LogP contribution in [0.5, 0.6) is 5.75 Å². The first-order chi connectivity index (χ1) is 6.56. The van der Waals surface area contributed by atoms with Crippen molar-refractivity contribution in [2.45, 2.75) is 6.92 Å². The molecule has 1 rings (SSSR count). The molecule has 0 aliphatic rings. The van der Waals surface area contributed by atoms with Gasteiger partial charge in [-0.05, 0) is 13.0 Å². The highest BCUT2D eigenvalue weighted by atomic mass is 35.5. The van der Waals surface area contributed by atoms with E-state index in [4.69, 9.17) is 26.4 Å². The minimum atomic E-state index is -1.90. The first-order valence-electron chi connectivity index (χ1n) is 4.04. The standard InChI is InChI=1S/C8H9BClFO3/c1-2-14-5-3-6(9(12)13)8(11)7(10)4-5/h3-4,12-13H,2H2,1H3. The summed E-state index contributed by atoms with van der Waals surface area (Å²) in [5.74, 6) is -0.535. The molecule has 0 radical (unpaired) electrons. The molecular formula is C8H9BClFO3. The van der Waals surface area contributed by atoms with E-state index in [2.05, 4.69) is 0 Å². The Morgan fingerprint density at radius 2 is 2.14 bits per heavy atom. The van der Waals surface area contributed by atoms with E-state index in [9.17, 15) is 4.39 Å². The predicted octanol–water partition coefficient (Wildman–Crippen LogP) is 0.558. The fraction of sp³-hybridized carbons (Fsp3) is 0.250. The summed E-state index contributed by atoms with van der Waals surface area (Å²) in [6.07, 6.45) is 0. The first-order valence-corrected chi connectivity index (χ1v) is 4.42. The Morgan fingerprint density at radius 3 is 2.64 bits per heavy atom. The number of hydrogen-bond donors (Lipinski definition) is 2. The summed E-state index contributed by atoms with van der Waals surface area (Å²) in [6, 6.07) is 2.49. The Balaban J connectivity index is 3.14. The maximum atomic E-state index is 13.2. The smallest absolute Gasteiger partial charge is 0.491 e. The summed E-state index contributed by atoms with van der Waals surface area (Å²) in [5, 5.41) is 17.5. The van der Waals surface area contributed by atoms with Crippen molar-refractivity contribution in [1.29, 1.82) is 0 Å². The van der Waals surface area contributed by atoms with Gasteiger partial charge in [0.25, 0.3) is 0 Å². The zero-order chi connectivity index (χ0) is 10.7. The summed E-state index contributed by atoms with van der Waals surface area (Å²) in [5.41, 5.74) is -0.291. The molecule has 0 aromatic heterocycles. The summed E-state index contributed by atoms with van der Waals surface area (Å²) >= 11 is 5.52. The molecule has 0 bridgehead atoms. The minimum absolute atomic E-state index is 0.195. The second kappa shape index (κ2) is 4.64. The maximum absolute atomic E-state index is 13.2. The molecule has 0 heterocycles. The van der Waals surface area contributed by atoms with E-state index in [-0.39, 0.29) is 10.5 Å². The number of ether oxygens (including phenoxy) is 1. The van der Waals surface area contributed by atoms with Gasteiger partial charge in [0, 0.05) is 11.5 Å². The van der Waals surface area contributed by atoms with E-state index in [1.165, 1.54) is 12.1 Å². The van der Waals surface area contributed by atoms with Gasteiger partial charge in [0.05, 0.1) is 11.6 Å². The van der Waals surface area contributed by atoms with E-state index in [0.717, 1.165) is 0 Å². The molecule has 0 unspecified atom stereocenters. The minimum Gasteiger partial charge on any atom is -0.494 e. The van der Waals surface area contributed by atoms with Crippen LogP contribution in [0.2, 0.25) is 5.02 Å². The van der Waals surface area contributed by atoms with Crippen LogP contribution in [0, 0.1) is 5.82 Å². The number of rotatable bonds is 3. The fourth-order valence-electron chi connectivity index (χ4n) is 1.02. The molecule has 0 amide bonds. The van der Waals surface area contributed by atoms with E-state index in [1.54, 1.807) is 6.92 Å². The normalized spacial score (nSPS) is 10.1. The van der Waals surface area contributed by atoms with Crippen LogP contribution < -0.4 is 10.2 Å². The molecule has 76 valence electrons. The van der Waals surface area contributed by atoms with Crippen molar-refractivity contribution in [3.8, 4) is 5.75 Å². The molecule has 3 nitrogen and oxygen atoms in total. The second-order valence-electron chi connectivity index (χ2n) is 2.61. The molecule has 6 heteroatoms. The SMILES string of the molecule is CCOc1cc(Cl)c(F)c(B(O)O)c1. The second-order valence-corrected chi connectivity index (χ2v) is 3.02. The summed E-state index contributed by atoms with van der Waals surface area (Å²) in [6.45, 7) is 2.15. The third kappa shape index (κ3) is 2.38. The van der Waals surface area contributed by atoms with Crippen LogP contribution in [-0.2, 0) is 0 Å².